The van der Waals surface area contributed by atoms with Crippen molar-refractivity contribution in [3.8, 4) is 11.5 Å². The molecule has 1 fully saturated rings. The highest BCUT2D eigenvalue weighted by Gasteiger charge is 2.44. The smallest absolute Gasteiger partial charge is 0.271 e. The van der Waals surface area contributed by atoms with E-state index in [9.17, 15) is 20.1 Å². The first-order valence-corrected chi connectivity index (χ1v) is 10.9. The van der Waals surface area contributed by atoms with Crippen LogP contribution in [-0.4, -0.2) is 69.9 Å². The minimum absolute atomic E-state index is 0.0743. The van der Waals surface area contributed by atoms with Crippen molar-refractivity contribution in [2.45, 2.75) is 30.6 Å². The molecule has 1 amide bonds. The molecule has 11 heteroatoms. The van der Waals surface area contributed by atoms with Gasteiger partial charge in [0.05, 0.1) is 33.2 Å². The van der Waals surface area contributed by atoms with Crippen LogP contribution in [0.4, 0.5) is 5.82 Å². The molecule has 4 atom stereocenters. The number of carbonyl (C=O) groups is 1. The van der Waals surface area contributed by atoms with Gasteiger partial charge in [-0.2, -0.15) is 0 Å². The van der Waals surface area contributed by atoms with Gasteiger partial charge in [-0.25, -0.2) is 4.98 Å². The van der Waals surface area contributed by atoms with Gasteiger partial charge < -0.3 is 40.6 Å². The largest absolute Gasteiger partial charge is 0.497 e. The topological polar surface area (TPSA) is 161 Å². The molecule has 4 rings (SSSR count). The molecule has 6 N–H and O–H groups in total. The summed E-state index contributed by atoms with van der Waals surface area (Å²) in [6.07, 6.45) is -3.51. The zero-order valence-corrected chi connectivity index (χ0v) is 19.2. The number of nitrogens with one attached hydrogen (secondary N) is 1. The minimum atomic E-state index is -1.37. The van der Waals surface area contributed by atoms with Gasteiger partial charge in [-0.15, -0.1) is 0 Å². The lowest BCUT2D eigenvalue weighted by molar-refractivity contribution is -0.0519. The molecule has 186 valence electrons. The van der Waals surface area contributed by atoms with Crippen LogP contribution in [0, 0.1) is 0 Å². The highest BCUT2D eigenvalue weighted by Crippen LogP contribution is 2.36. The number of nitrogens with two attached hydrogens (primary N) is 1. The lowest BCUT2D eigenvalue weighted by atomic mass is 9.98. The molecule has 3 aromatic rings. The highest BCUT2D eigenvalue weighted by molar-refractivity contribution is 5.95. The van der Waals surface area contributed by atoms with Gasteiger partial charge in [0.25, 0.3) is 5.91 Å². The number of aliphatic hydroxyl groups is 3. The number of anilines is 1. The summed E-state index contributed by atoms with van der Waals surface area (Å²) in [5, 5.41) is 33.6. The maximum absolute atomic E-state index is 12.2. The molecule has 2 heterocycles. The monoisotopic (exact) mass is 484 g/mol. The molecule has 0 aliphatic carbocycles. The Morgan fingerprint density at radius 1 is 1.06 bits per heavy atom. The fraction of sp³-hybridized carbons (Fsp3) is 0.333. The van der Waals surface area contributed by atoms with E-state index in [1.165, 1.54) is 10.9 Å². The molecular formula is C24H28N4O7. The molecule has 0 radical (unpaired) electrons. The van der Waals surface area contributed by atoms with Gasteiger partial charge in [0.2, 0.25) is 0 Å². The van der Waals surface area contributed by atoms with E-state index >= 15 is 0 Å². The summed E-state index contributed by atoms with van der Waals surface area (Å²) in [6, 6.07) is 14.2. The normalized spacial score (nSPS) is 21.8. The first-order chi connectivity index (χ1) is 16.9. The van der Waals surface area contributed by atoms with Crippen LogP contribution in [-0.2, 0) is 4.74 Å². The van der Waals surface area contributed by atoms with Gasteiger partial charge in [0.15, 0.2) is 11.9 Å². The second-order valence-electron chi connectivity index (χ2n) is 8.07. The summed E-state index contributed by atoms with van der Waals surface area (Å²) in [4.78, 5) is 16.3. The molecule has 0 saturated carbocycles. The third kappa shape index (κ3) is 4.80. The van der Waals surface area contributed by atoms with Crippen molar-refractivity contribution in [2.24, 2.45) is 5.73 Å². The number of carbonyl (C=O) groups excluding carboxylic acids is 1. The summed E-state index contributed by atoms with van der Waals surface area (Å²) in [5.74, 6) is 0.749. The van der Waals surface area contributed by atoms with Gasteiger partial charge in [-0.3, -0.25) is 9.36 Å². The summed E-state index contributed by atoms with van der Waals surface area (Å²) >= 11 is 0. The Labute approximate surface area is 201 Å². The Bertz CT molecular complexity index is 1100. The van der Waals surface area contributed by atoms with Crippen molar-refractivity contribution in [1.29, 1.82) is 0 Å². The lowest BCUT2D eigenvalue weighted by Crippen LogP contribution is -2.33. The lowest BCUT2D eigenvalue weighted by Gasteiger charge is -2.25. The Morgan fingerprint density at radius 3 is 2.03 bits per heavy atom. The summed E-state index contributed by atoms with van der Waals surface area (Å²) < 4.78 is 17.6. The van der Waals surface area contributed by atoms with Gasteiger partial charge in [0.1, 0.15) is 35.6 Å². The fourth-order valence-corrected chi connectivity index (χ4v) is 4.08. The maximum atomic E-state index is 12.2. The van der Waals surface area contributed by atoms with E-state index in [-0.39, 0.29) is 11.5 Å². The highest BCUT2D eigenvalue weighted by atomic mass is 16.6. The zero-order chi connectivity index (χ0) is 25.1. The van der Waals surface area contributed by atoms with Gasteiger partial charge in [0, 0.05) is 0 Å². The number of ether oxygens (including phenoxy) is 3. The van der Waals surface area contributed by atoms with E-state index in [2.05, 4.69) is 10.3 Å². The number of hydrogen-bond donors (Lipinski definition) is 5. The van der Waals surface area contributed by atoms with E-state index in [0.717, 1.165) is 11.1 Å². The quantitative estimate of drug-likeness (QED) is 0.296. The van der Waals surface area contributed by atoms with Crippen LogP contribution in [0.15, 0.2) is 54.9 Å². The predicted octanol–water partition coefficient (Wildman–Crippen LogP) is 0.812. The molecule has 2 aromatic carbocycles. The van der Waals surface area contributed by atoms with Crippen molar-refractivity contribution >= 4 is 11.7 Å². The standard InChI is InChI=1S/C24H28N4O7/c1-33-15-7-3-13(4-8-15)18(14-5-9-16(34-2)10-6-14)27-23-19(22(25)32)26-12-28(23)24-21(31)20(30)17(11-29)35-24/h3-10,12,17-18,20-21,24,27,29-31H,11H2,1-2H3,(H2,25,32)/t17-,20-,21-,24-/m1/s1. The molecule has 35 heavy (non-hydrogen) atoms. The molecular weight excluding hydrogens is 456 g/mol. The second kappa shape index (κ2) is 10.3. The number of benzene rings is 2. The summed E-state index contributed by atoms with van der Waals surface area (Å²) in [7, 11) is 3.15. The SMILES string of the molecule is COc1ccc(C(Nc2c(C(N)=O)ncn2[C@@H]2O[C@H](CO)[C@@H](O)[C@H]2O)c2ccc(OC)cc2)cc1. The van der Waals surface area contributed by atoms with Crippen LogP contribution < -0.4 is 20.5 Å². The Hall–Kier alpha value is -3.64. The molecule has 0 bridgehead atoms. The van der Waals surface area contributed by atoms with Crippen LogP contribution in [0.2, 0.25) is 0 Å². The number of aliphatic hydroxyl groups excluding tert-OH is 3. The third-order valence-electron chi connectivity index (χ3n) is 6.00. The first-order valence-electron chi connectivity index (χ1n) is 10.9. The number of amides is 1. The van der Waals surface area contributed by atoms with Crippen molar-refractivity contribution in [2.75, 3.05) is 26.1 Å². The molecule has 1 aliphatic heterocycles. The van der Waals surface area contributed by atoms with Crippen molar-refractivity contribution < 1.29 is 34.3 Å². The summed E-state index contributed by atoms with van der Waals surface area (Å²) in [5.41, 5.74) is 7.18. The van der Waals surface area contributed by atoms with Crippen molar-refractivity contribution in [1.82, 2.24) is 9.55 Å². The molecule has 1 aliphatic rings. The van der Waals surface area contributed by atoms with Crippen LogP contribution in [0.25, 0.3) is 0 Å². The van der Waals surface area contributed by atoms with Gasteiger partial charge in [-0.1, -0.05) is 24.3 Å². The Balaban J connectivity index is 1.78. The number of rotatable bonds is 9. The van der Waals surface area contributed by atoms with Crippen molar-refractivity contribution in [3.63, 3.8) is 0 Å². The maximum Gasteiger partial charge on any atom is 0.271 e. The minimum Gasteiger partial charge on any atom is -0.497 e. The van der Waals surface area contributed by atoms with Gasteiger partial charge >= 0.3 is 0 Å². The molecule has 0 unspecified atom stereocenters. The number of nitrogens with zero attached hydrogens (tertiary/aromatic N) is 2. The zero-order valence-electron chi connectivity index (χ0n) is 19.2. The van der Waals surface area contributed by atoms with Crippen LogP contribution >= 0.6 is 0 Å². The number of aromatic nitrogens is 2. The molecule has 0 spiro atoms. The van der Waals surface area contributed by atoms with Crippen LogP contribution in [0.3, 0.4) is 0 Å². The molecule has 1 aromatic heterocycles. The Kier molecular flexibility index (Phi) is 7.22. The molecule has 1 saturated heterocycles. The van der Waals surface area contributed by atoms with E-state index in [0.29, 0.717) is 11.5 Å². The Morgan fingerprint density at radius 2 is 1.60 bits per heavy atom. The molecule has 11 nitrogen and oxygen atoms in total. The predicted molar refractivity (Wildman–Crippen MR) is 125 cm³/mol. The number of hydrogen-bond acceptors (Lipinski definition) is 9. The fourth-order valence-electron chi connectivity index (χ4n) is 4.08. The summed E-state index contributed by atoms with van der Waals surface area (Å²) in [6.45, 7) is -0.491. The number of primary amides is 1. The van der Waals surface area contributed by atoms with E-state index in [1.54, 1.807) is 14.2 Å². The van der Waals surface area contributed by atoms with Crippen LogP contribution in [0.1, 0.15) is 33.9 Å². The average molecular weight is 485 g/mol. The van der Waals surface area contributed by atoms with E-state index < -0.39 is 43.1 Å². The first kappa shape index (κ1) is 24.5. The number of imidazole rings is 1. The number of methoxy groups -OCH3 is 2. The van der Waals surface area contributed by atoms with E-state index in [1.807, 2.05) is 48.5 Å². The van der Waals surface area contributed by atoms with Crippen LogP contribution in [0.5, 0.6) is 11.5 Å². The second-order valence-corrected chi connectivity index (χ2v) is 8.07. The average Bonchev–Trinajstić information content (AvgIpc) is 3.43. The van der Waals surface area contributed by atoms with Crippen molar-refractivity contribution in [3.05, 3.63) is 71.7 Å². The van der Waals surface area contributed by atoms with E-state index in [4.69, 9.17) is 19.9 Å². The third-order valence-corrected chi connectivity index (χ3v) is 6.00. The van der Waals surface area contributed by atoms with Gasteiger partial charge in [-0.05, 0) is 35.4 Å².